The number of ether oxygens (including phenoxy) is 1. The molecular weight excluding hydrogens is 224 g/mol. The minimum atomic E-state index is -1.03. The summed E-state index contributed by atoms with van der Waals surface area (Å²) in [5.41, 5.74) is 0. The molecule has 100 valence electrons. The molecular formula is C11H22N2O4. The van der Waals surface area contributed by atoms with Gasteiger partial charge in [0.05, 0.1) is 13.0 Å². The van der Waals surface area contributed by atoms with E-state index in [1.165, 1.54) is 0 Å². The molecule has 0 amide bonds. The monoisotopic (exact) mass is 246 g/mol. The Morgan fingerprint density at radius 2 is 2.06 bits per heavy atom. The standard InChI is InChI=1S/C11H22N2O4/c1-4-17-10(14)8-9(11(15)16)12-6-5-7-13(2)3/h9,12H,4-8H2,1-3H3,(H,15,16)/t9-/m0/s1. The van der Waals surface area contributed by atoms with Crippen LogP contribution < -0.4 is 5.32 Å². The molecule has 1 atom stereocenters. The zero-order chi connectivity index (χ0) is 13.3. The van der Waals surface area contributed by atoms with Crippen molar-refractivity contribution < 1.29 is 19.4 Å². The highest BCUT2D eigenvalue weighted by Gasteiger charge is 2.20. The van der Waals surface area contributed by atoms with Gasteiger partial charge >= 0.3 is 11.9 Å². The Balaban J connectivity index is 3.91. The molecule has 0 aromatic rings. The Kier molecular flexibility index (Phi) is 8.35. The van der Waals surface area contributed by atoms with Gasteiger partial charge in [-0.3, -0.25) is 9.59 Å². The minimum absolute atomic E-state index is 0.134. The Morgan fingerprint density at radius 1 is 1.41 bits per heavy atom. The quantitative estimate of drug-likeness (QED) is 0.438. The van der Waals surface area contributed by atoms with Gasteiger partial charge in [-0.25, -0.2) is 0 Å². The molecule has 0 aromatic carbocycles. The molecule has 0 rings (SSSR count). The van der Waals surface area contributed by atoms with Crippen LogP contribution in [0.5, 0.6) is 0 Å². The number of carbonyl (C=O) groups excluding carboxylic acids is 1. The Bertz CT molecular complexity index is 244. The van der Waals surface area contributed by atoms with Crippen LogP contribution in [-0.4, -0.2) is 61.8 Å². The number of carboxylic acid groups (broad SMARTS) is 1. The van der Waals surface area contributed by atoms with Crippen LogP contribution in [0.4, 0.5) is 0 Å². The van der Waals surface area contributed by atoms with Crippen molar-refractivity contribution in [3.05, 3.63) is 0 Å². The molecule has 0 aliphatic heterocycles. The van der Waals surface area contributed by atoms with E-state index in [-0.39, 0.29) is 13.0 Å². The molecule has 0 saturated carbocycles. The van der Waals surface area contributed by atoms with Gasteiger partial charge in [0.25, 0.3) is 0 Å². The molecule has 0 saturated heterocycles. The smallest absolute Gasteiger partial charge is 0.321 e. The van der Waals surface area contributed by atoms with Crippen LogP contribution in [0.2, 0.25) is 0 Å². The number of nitrogens with zero attached hydrogens (tertiary/aromatic N) is 1. The summed E-state index contributed by atoms with van der Waals surface area (Å²) in [5.74, 6) is -1.51. The summed E-state index contributed by atoms with van der Waals surface area (Å²) < 4.78 is 4.72. The molecule has 0 aliphatic carbocycles. The predicted octanol–water partition coefficient (Wildman–Crippen LogP) is -0.0659. The molecule has 0 unspecified atom stereocenters. The van der Waals surface area contributed by atoms with Crippen molar-refractivity contribution in [2.24, 2.45) is 0 Å². The van der Waals surface area contributed by atoms with Crippen molar-refractivity contribution in [1.82, 2.24) is 10.2 Å². The second kappa shape index (κ2) is 8.95. The van der Waals surface area contributed by atoms with E-state index in [0.29, 0.717) is 6.54 Å². The first-order valence-electron chi connectivity index (χ1n) is 5.74. The predicted molar refractivity (Wildman–Crippen MR) is 63.8 cm³/mol. The molecule has 2 N–H and O–H groups in total. The third-order valence-electron chi connectivity index (χ3n) is 2.15. The normalized spacial score (nSPS) is 12.5. The summed E-state index contributed by atoms with van der Waals surface area (Å²) in [5, 5.41) is 11.8. The van der Waals surface area contributed by atoms with Crippen molar-refractivity contribution in [1.29, 1.82) is 0 Å². The molecule has 0 fully saturated rings. The van der Waals surface area contributed by atoms with Crippen LogP contribution in [0.1, 0.15) is 19.8 Å². The minimum Gasteiger partial charge on any atom is -0.480 e. The van der Waals surface area contributed by atoms with E-state index < -0.39 is 18.0 Å². The lowest BCUT2D eigenvalue weighted by atomic mass is 10.2. The molecule has 6 heteroatoms. The second-order valence-electron chi connectivity index (χ2n) is 4.01. The van der Waals surface area contributed by atoms with Crippen LogP contribution in [0, 0.1) is 0 Å². The van der Waals surface area contributed by atoms with E-state index >= 15 is 0 Å². The number of carbonyl (C=O) groups is 2. The van der Waals surface area contributed by atoms with Gasteiger partial charge in [0.2, 0.25) is 0 Å². The number of aliphatic carboxylic acids is 1. The van der Waals surface area contributed by atoms with E-state index in [9.17, 15) is 9.59 Å². The SMILES string of the molecule is CCOC(=O)C[C@H](NCCCN(C)C)C(=O)O. The van der Waals surface area contributed by atoms with E-state index in [0.717, 1.165) is 13.0 Å². The van der Waals surface area contributed by atoms with Gasteiger partial charge in [0.15, 0.2) is 0 Å². The molecule has 0 aromatic heterocycles. The lowest BCUT2D eigenvalue weighted by Crippen LogP contribution is -2.40. The number of esters is 1. The molecule has 17 heavy (non-hydrogen) atoms. The fourth-order valence-electron chi connectivity index (χ4n) is 1.30. The van der Waals surface area contributed by atoms with Crippen LogP contribution in [0.25, 0.3) is 0 Å². The zero-order valence-corrected chi connectivity index (χ0v) is 10.7. The maximum atomic E-state index is 11.2. The van der Waals surface area contributed by atoms with Crippen LogP contribution in [0.15, 0.2) is 0 Å². The van der Waals surface area contributed by atoms with Crippen LogP contribution >= 0.6 is 0 Å². The fourth-order valence-corrected chi connectivity index (χ4v) is 1.30. The highest BCUT2D eigenvalue weighted by Crippen LogP contribution is 1.96. The van der Waals surface area contributed by atoms with Gasteiger partial charge in [-0.05, 0) is 40.5 Å². The van der Waals surface area contributed by atoms with E-state index in [1.807, 2.05) is 19.0 Å². The van der Waals surface area contributed by atoms with Gasteiger partial charge in [0, 0.05) is 0 Å². The van der Waals surface area contributed by atoms with Crippen LogP contribution in [0.3, 0.4) is 0 Å². The average Bonchev–Trinajstić information content (AvgIpc) is 2.22. The van der Waals surface area contributed by atoms with Gasteiger partial charge in [-0.15, -0.1) is 0 Å². The van der Waals surface area contributed by atoms with Crippen LogP contribution in [-0.2, 0) is 14.3 Å². The van der Waals surface area contributed by atoms with E-state index in [4.69, 9.17) is 9.84 Å². The number of nitrogens with one attached hydrogen (secondary N) is 1. The first-order chi connectivity index (χ1) is 7.97. The third kappa shape index (κ3) is 8.65. The largest absolute Gasteiger partial charge is 0.480 e. The summed E-state index contributed by atoms with van der Waals surface area (Å²) in [4.78, 5) is 24.1. The maximum Gasteiger partial charge on any atom is 0.321 e. The first-order valence-corrected chi connectivity index (χ1v) is 5.74. The maximum absolute atomic E-state index is 11.2. The Hall–Kier alpha value is -1.14. The third-order valence-corrected chi connectivity index (χ3v) is 2.15. The van der Waals surface area contributed by atoms with E-state index in [2.05, 4.69) is 5.32 Å². The number of carboxylic acids is 1. The summed E-state index contributed by atoms with van der Waals surface area (Å²) >= 11 is 0. The van der Waals surface area contributed by atoms with Gasteiger partial charge in [-0.1, -0.05) is 0 Å². The fraction of sp³-hybridized carbons (Fsp3) is 0.818. The molecule has 0 heterocycles. The Labute approximate surface area is 102 Å². The molecule has 6 nitrogen and oxygen atoms in total. The molecule has 0 aliphatic rings. The topological polar surface area (TPSA) is 78.9 Å². The van der Waals surface area contributed by atoms with Crippen molar-refractivity contribution in [3.63, 3.8) is 0 Å². The molecule has 0 spiro atoms. The van der Waals surface area contributed by atoms with Gasteiger partial charge in [0.1, 0.15) is 6.04 Å². The zero-order valence-electron chi connectivity index (χ0n) is 10.7. The number of rotatable bonds is 9. The second-order valence-corrected chi connectivity index (χ2v) is 4.01. The number of hydrogen-bond donors (Lipinski definition) is 2. The summed E-state index contributed by atoms with van der Waals surface area (Å²) in [6, 6.07) is -0.865. The summed E-state index contributed by atoms with van der Waals surface area (Å²) in [6.07, 6.45) is 0.699. The Morgan fingerprint density at radius 3 is 2.53 bits per heavy atom. The van der Waals surface area contributed by atoms with Crippen molar-refractivity contribution in [2.45, 2.75) is 25.8 Å². The van der Waals surface area contributed by atoms with Gasteiger partial charge in [-0.2, -0.15) is 0 Å². The highest BCUT2D eigenvalue weighted by molar-refractivity contribution is 5.81. The summed E-state index contributed by atoms with van der Waals surface area (Å²) in [7, 11) is 3.90. The number of hydrogen-bond acceptors (Lipinski definition) is 5. The van der Waals surface area contributed by atoms with Gasteiger partial charge < -0.3 is 20.1 Å². The van der Waals surface area contributed by atoms with Crippen molar-refractivity contribution in [3.8, 4) is 0 Å². The summed E-state index contributed by atoms with van der Waals surface area (Å²) in [6.45, 7) is 3.40. The van der Waals surface area contributed by atoms with Crippen molar-refractivity contribution >= 4 is 11.9 Å². The first kappa shape index (κ1) is 15.9. The molecule has 0 bridgehead atoms. The lowest BCUT2D eigenvalue weighted by Gasteiger charge is -2.15. The molecule has 0 radical (unpaired) electrons. The average molecular weight is 246 g/mol. The highest BCUT2D eigenvalue weighted by atomic mass is 16.5. The van der Waals surface area contributed by atoms with Crippen molar-refractivity contribution in [2.75, 3.05) is 33.8 Å². The van der Waals surface area contributed by atoms with E-state index in [1.54, 1.807) is 6.92 Å². The lowest BCUT2D eigenvalue weighted by molar-refractivity contribution is -0.149.